The first-order valence-corrected chi connectivity index (χ1v) is 12.4. The molecule has 168 valence electrons. The van der Waals surface area contributed by atoms with E-state index in [4.69, 9.17) is 4.74 Å². The first kappa shape index (κ1) is 22.0. The lowest BCUT2D eigenvalue weighted by atomic mass is 9.44. The predicted octanol–water partition coefficient (Wildman–Crippen LogP) is 5.37. The number of ether oxygens (including phenoxy) is 1. The van der Waals surface area contributed by atoms with Gasteiger partial charge < -0.3 is 4.74 Å². The van der Waals surface area contributed by atoms with E-state index in [0.717, 1.165) is 25.7 Å². The molecule has 4 aliphatic rings. The van der Waals surface area contributed by atoms with E-state index in [-0.39, 0.29) is 28.6 Å². The molecule has 0 saturated heterocycles. The summed E-state index contributed by atoms with van der Waals surface area (Å²) in [5.41, 5.74) is 0.375. The van der Waals surface area contributed by atoms with Gasteiger partial charge in [-0.05, 0) is 85.9 Å². The minimum Gasteiger partial charge on any atom is -0.466 e. The van der Waals surface area contributed by atoms with Gasteiger partial charge in [-0.25, -0.2) is 0 Å². The van der Waals surface area contributed by atoms with Gasteiger partial charge in [0, 0.05) is 31.6 Å². The molecular weight excluding hydrogens is 376 g/mol. The largest absolute Gasteiger partial charge is 0.466 e. The zero-order chi connectivity index (χ0) is 21.7. The molecule has 8 atom stereocenters. The van der Waals surface area contributed by atoms with E-state index < -0.39 is 0 Å². The summed E-state index contributed by atoms with van der Waals surface area (Å²) in [7, 11) is 0. The molecular formula is C26H40O4. The number of rotatable bonds is 5. The Morgan fingerprint density at radius 1 is 1.07 bits per heavy atom. The molecule has 0 bridgehead atoms. The van der Waals surface area contributed by atoms with Gasteiger partial charge in [-0.2, -0.15) is 0 Å². The van der Waals surface area contributed by atoms with Crippen molar-refractivity contribution in [1.29, 1.82) is 0 Å². The Kier molecular flexibility index (Phi) is 5.91. The average molecular weight is 417 g/mol. The van der Waals surface area contributed by atoms with Gasteiger partial charge in [0.05, 0.1) is 6.61 Å². The van der Waals surface area contributed by atoms with Crippen LogP contribution in [-0.2, 0) is 19.1 Å². The Bertz CT molecular complexity index is 714. The van der Waals surface area contributed by atoms with Gasteiger partial charge >= 0.3 is 5.97 Å². The Labute approximate surface area is 181 Å². The van der Waals surface area contributed by atoms with Gasteiger partial charge in [0.25, 0.3) is 0 Å². The fourth-order valence-electron chi connectivity index (χ4n) is 8.48. The SMILES string of the molecule is CCOC(=O)CC[C@@H](C)[C@H]1CC[C@H]2[C@@H]3C(=O)CC4CC(=O)CC[C@]4(C)[C@H]3CC[C@]12C. The number of hydrogen-bond acceptors (Lipinski definition) is 4. The van der Waals surface area contributed by atoms with Crippen LogP contribution in [0.1, 0.15) is 91.9 Å². The molecule has 0 N–H and O–H groups in total. The Morgan fingerprint density at radius 3 is 2.53 bits per heavy atom. The van der Waals surface area contributed by atoms with Crippen LogP contribution in [0.2, 0.25) is 0 Å². The van der Waals surface area contributed by atoms with Crippen molar-refractivity contribution in [1.82, 2.24) is 0 Å². The highest BCUT2D eigenvalue weighted by Crippen LogP contribution is 2.67. The third-order valence-corrected chi connectivity index (χ3v) is 10.2. The minimum atomic E-state index is -0.0824. The smallest absolute Gasteiger partial charge is 0.305 e. The molecule has 0 spiro atoms. The van der Waals surface area contributed by atoms with Crippen LogP contribution in [0.3, 0.4) is 0 Å². The second-order valence-electron chi connectivity index (χ2n) is 11.4. The van der Waals surface area contributed by atoms with Crippen molar-refractivity contribution < 1.29 is 19.1 Å². The second-order valence-corrected chi connectivity index (χ2v) is 11.4. The lowest BCUT2D eigenvalue weighted by molar-refractivity contribution is -0.159. The van der Waals surface area contributed by atoms with E-state index in [0.29, 0.717) is 67.5 Å². The van der Waals surface area contributed by atoms with Crippen LogP contribution in [0.5, 0.6) is 0 Å². The van der Waals surface area contributed by atoms with E-state index in [1.54, 1.807) is 0 Å². The van der Waals surface area contributed by atoms with Crippen molar-refractivity contribution in [2.75, 3.05) is 6.61 Å². The third-order valence-electron chi connectivity index (χ3n) is 10.2. The Balaban J connectivity index is 1.51. The molecule has 0 radical (unpaired) electrons. The molecule has 0 aliphatic heterocycles. The summed E-state index contributed by atoms with van der Waals surface area (Å²) >= 11 is 0. The number of carbonyl (C=O) groups is 3. The number of esters is 1. The van der Waals surface area contributed by atoms with Crippen LogP contribution in [0.15, 0.2) is 0 Å². The van der Waals surface area contributed by atoms with E-state index in [2.05, 4.69) is 20.8 Å². The van der Waals surface area contributed by atoms with Crippen LogP contribution >= 0.6 is 0 Å². The molecule has 4 fully saturated rings. The zero-order valence-electron chi connectivity index (χ0n) is 19.4. The summed E-state index contributed by atoms with van der Waals surface area (Å²) in [6.07, 6.45) is 8.98. The first-order valence-electron chi connectivity index (χ1n) is 12.4. The number of hydrogen-bond donors (Lipinski definition) is 0. The Morgan fingerprint density at radius 2 is 1.80 bits per heavy atom. The predicted molar refractivity (Wildman–Crippen MR) is 116 cm³/mol. The first-order chi connectivity index (χ1) is 14.2. The molecule has 4 rings (SSSR count). The van der Waals surface area contributed by atoms with Crippen LogP contribution in [0, 0.1) is 46.3 Å². The molecule has 4 nitrogen and oxygen atoms in total. The summed E-state index contributed by atoms with van der Waals surface area (Å²) in [4.78, 5) is 37.4. The molecule has 1 unspecified atom stereocenters. The topological polar surface area (TPSA) is 60.4 Å². The summed E-state index contributed by atoms with van der Waals surface area (Å²) in [5, 5.41) is 0. The zero-order valence-corrected chi connectivity index (χ0v) is 19.4. The third kappa shape index (κ3) is 3.46. The summed E-state index contributed by atoms with van der Waals surface area (Å²) in [5.74, 6) is 3.21. The van der Waals surface area contributed by atoms with Gasteiger partial charge in [0.15, 0.2) is 0 Å². The van der Waals surface area contributed by atoms with Crippen molar-refractivity contribution in [3.05, 3.63) is 0 Å². The number of carbonyl (C=O) groups excluding carboxylic acids is 3. The molecule has 4 heteroatoms. The molecule has 0 amide bonds. The number of fused-ring (bicyclic) bond motifs is 5. The summed E-state index contributed by atoms with van der Waals surface area (Å²) in [6, 6.07) is 0. The van der Waals surface area contributed by atoms with Crippen molar-refractivity contribution >= 4 is 17.5 Å². The van der Waals surface area contributed by atoms with Crippen LogP contribution in [0.25, 0.3) is 0 Å². The highest BCUT2D eigenvalue weighted by Gasteiger charge is 2.63. The van der Waals surface area contributed by atoms with E-state index >= 15 is 0 Å². The van der Waals surface area contributed by atoms with Crippen molar-refractivity contribution in [3.8, 4) is 0 Å². The lowest BCUT2D eigenvalue weighted by Crippen LogP contribution is -2.57. The highest BCUT2D eigenvalue weighted by atomic mass is 16.5. The lowest BCUT2D eigenvalue weighted by Gasteiger charge is -2.59. The van der Waals surface area contributed by atoms with Crippen molar-refractivity contribution in [2.24, 2.45) is 46.3 Å². The maximum Gasteiger partial charge on any atom is 0.305 e. The normalized spacial score (nSPS) is 44.1. The van der Waals surface area contributed by atoms with Crippen LogP contribution in [-0.4, -0.2) is 24.1 Å². The molecule has 0 aromatic rings. The highest BCUT2D eigenvalue weighted by molar-refractivity contribution is 5.86. The molecule has 0 aromatic heterocycles. The summed E-state index contributed by atoms with van der Waals surface area (Å²) < 4.78 is 5.13. The fourth-order valence-corrected chi connectivity index (χ4v) is 8.48. The quantitative estimate of drug-likeness (QED) is 0.565. The molecule has 30 heavy (non-hydrogen) atoms. The van der Waals surface area contributed by atoms with E-state index in [1.807, 2.05) is 6.92 Å². The molecule has 0 heterocycles. The van der Waals surface area contributed by atoms with Crippen LogP contribution < -0.4 is 0 Å². The minimum absolute atomic E-state index is 0.0824. The van der Waals surface area contributed by atoms with E-state index in [1.165, 1.54) is 12.8 Å². The van der Waals surface area contributed by atoms with Gasteiger partial charge in [-0.15, -0.1) is 0 Å². The van der Waals surface area contributed by atoms with Gasteiger partial charge in [-0.3, -0.25) is 14.4 Å². The van der Waals surface area contributed by atoms with Gasteiger partial charge in [-0.1, -0.05) is 20.8 Å². The summed E-state index contributed by atoms with van der Waals surface area (Å²) in [6.45, 7) is 9.45. The van der Waals surface area contributed by atoms with Crippen LogP contribution in [0.4, 0.5) is 0 Å². The number of ketones is 2. The van der Waals surface area contributed by atoms with Gasteiger partial charge in [0.1, 0.15) is 11.6 Å². The molecule has 4 saturated carbocycles. The second kappa shape index (κ2) is 8.06. The number of Topliss-reactive ketones (excluding diaryl/α,β-unsaturated/α-hetero) is 2. The monoisotopic (exact) mass is 416 g/mol. The molecule has 0 aromatic carbocycles. The fraction of sp³-hybridized carbons (Fsp3) is 0.885. The van der Waals surface area contributed by atoms with Gasteiger partial charge in [0.2, 0.25) is 0 Å². The maximum absolute atomic E-state index is 13.4. The van der Waals surface area contributed by atoms with Crippen molar-refractivity contribution in [3.63, 3.8) is 0 Å². The average Bonchev–Trinajstić information content (AvgIpc) is 3.05. The standard InChI is InChI=1S/C26H40O4/c1-5-30-23(29)9-6-16(2)19-7-8-20-24-21(11-13-26(19,20)4)25(3)12-10-18(27)14-17(25)15-22(24)28/h16-17,19-21,24H,5-15H2,1-4H3/t16-,17?,19-,20+,21+,24+,25+,26-/m1/s1. The van der Waals surface area contributed by atoms with E-state index in [9.17, 15) is 14.4 Å². The van der Waals surface area contributed by atoms with Crippen molar-refractivity contribution in [2.45, 2.75) is 91.9 Å². The maximum atomic E-state index is 13.4. The molecule has 4 aliphatic carbocycles. The Hall–Kier alpha value is -1.19.